The Labute approximate surface area is 83.1 Å². The minimum Gasteiger partial charge on any atom is -0.376 e. The molecular formula is C11H25NO. The zero-order valence-corrected chi connectivity index (χ0v) is 9.81. The summed E-state index contributed by atoms with van der Waals surface area (Å²) in [6.07, 6.45) is 1.42. The van der Waals surface area contributed by atoms with Gasteiger partial charge in [0, 0.05) is 13.2 Å². The lowest BCUT2D eigenvalue weighted by Gasteiger charge is -2.30. The lowest BCUT2D eigenvalue weighted by atomic mass is 9.89. The van der Waals surface area contributed by atoms with E-state index in [-0.39, 0.29) is 5.41 Å². The molecule has 0 aliphatic carbocycles. The van der Waals surface area contributed by atoms with Gasteiger partial charge in [-0.25, -0.2) is 0 Å². The Kier molecular flexibility index (Phi) is 6.35. The largest absolute Gasteiger partial charge is 0.376 e. The van der Waals surface area contributed by atoms with Gasteiger partial charge in [0.2, 0.25) is 0 Å². The summed E-state index contributed by atoms with van der Waals surface area (Å²) in [4.78, 5) is 0. The monoisotopic (exact) mass is 187 g/mol. The second kappa shape index (κ2) is 6.39. The molecule has 0 rings (SSSR count). The SMILES string of the molecule is CCCOC(CNCC)C(C)(C)C. The zero-order valence-electron chi connectivity index (χ0n) is 9.81. The molecule has 0 saturated carbocycles. The van der Waals surface area contributed by atoms with Crippen molar-refractivity contribution in [2.75, 3.05) is 19.7 Å². The van der Waals surface area contributed by atoms with Crippen LogP contribution in [-0.4, -0.2) is 25.8 Å². The van der Waals surface area contributed by atoms with Gasteiger partial charge in [-0.05, 0) is 18.4 Å². The molecule has 0 bridgehead atoms. The van der Waals surface area contributed by atoms with Crippen LogP contribution in [0.25, 0.3) is 0 Å². The third-order valence-corrected chi connectivity index (χ3v) is 2.07. The van der Waals surface area contributed by atoms with Crippen LogP contribution in [0.1, 0.15) is 41.0 Å². The predicted molar refractivity (Wildman–Crippen MR) is 58.0 cm³/mol. The van der Waals surface area contributed by atoms with Crippen LogP contribution >= 0.6 is 0 Å². The maximum Gasteiger partial charge on any atom is 0.0747 e. The highest BCUT2D eigenvalue weighted by Gasteiger charge is 2.24. The van der Waals surface area contributed by atoms with Crippen LogP contribution in [0.2, 0.25) is 0 Å². The average Bonchev–Trinajstić information content (AvgIpc) is 2.02. The Hall–Kier alpha value is -0.0800. The number of ether oxygens (including phenoxy) is 1. The molecule has 0 fully saturated rings. The molecule has 2 heteroatoms. The molecule has 80 valence electrons. The van der Waals surface area contributed by atoms with E-state index in [1.807, 2.05) is 0 Å². The fraction of sp³-hybridized carbons (Fsp3) is 1.00. The molecule has 0 aromatic rings. The Morgan fingerprint density at radius 3 is 2.23 bits per heavy atom. The van der Waals surface area contributed by atoms with Gasteiger partial charge in [-0.1, -0.05) is 34.6 Å². The quantitative estimate of drug-likeness (QED) is 0.689. The zero-order chi connectivity index (χ0) is 10.3. The highest BCUT2D eigenvalue weighted by molar-refractivity contribution is 4.76. The molecule has 0 spiro atoms. The van der Waals surface area contributed by atoms with Gasteiger partial charge in [-0.3, -0.25) is 0 Å². The van der Waals surface area contributed by atoms with E-state index >= 15 is 0 Å². The molecule has 1 N–H and O–H groups in total. The summed E-state index contributed by atoms with van der Waals surface area (Å²) in [6, 6.07) is 0. The average molecular weight is 187 g/mol. The first-order valence-electron chi connectivity index (χ1n) is 5.34. The summed E-state index contributed by atoms with van der Waals surface area (Å²) in [5, 5.41) is 3.34. The summed E-state index contributed by atoms with van der Waals surface area (Å²) >= 11 is 0. The lowest BCUT2D eigenvalue weighted by Crippen LogP contribution is -2.39. The molecule has 2 nitrogen and oxygen atoms in total. The highest BCUT2D eigenvalue weighted by Crippen LogP contribution is 2.21. The molecule has 1 unspecified atom stereocenters. The number of hydrogen-bond donors (Lipinski definition) is 1. The molecule has 0 aromatic carbocycles. The van der Waals surface area contributed by atoms with Crippen LogP contribution in [0, 0.1) is 5.41 Å². The minimum atomic E-state index is 0.233. The first-order chi connectivity index (χ1) is 6.02. The van der Waals surface area contributed by atoms with Crippen molar-refractivity contribution >= 4 is 0 Å². The topological polar surface area (TPSA) is 21.3 Å². The summed E-state index contributed by atoms with van der Waals surface area (Å²) < 4.78 is 5.80. The third-order valence-electron chi connectivity index (χ3n) is 2.07. The Morgan fingerprint density at radius 1 is 1.23 bits per heavy atom. The van der Waals surface area contributed by atoms with Crippen molar-refractivity contribution in [3.05, 3.63) is 0 Å². The second-order valence-electron chi connectivity index (χ2n) is 4.53. The lowest BCUT2D eigenvalue weighted by molar-refractivity contribution is -0.0158. The molecule has 1 atom stereocenters. The van der Waals surface area contributed by atoms with E-state index in [2.05, 4.69) is 39.9 Å². The van der Waals surface area contributed by atoms with Crippen molar-refractivity contribution in [2.24, 2.45) is 5.41 Å². The summed E-state index contributed by atoms with van der Waals surface area (Å²) in [7, 11) is 0. The van der Waals surface area contributed by atoms with Gasteiger partial charge < -0.3 is 10.1 Å². The maximum absolute atomic E-state index is 5.80. The Bertz CT molecular complexity index is 110. The third kappa shape index (κ3) is 6.05. The van der Waals surface area contributed by atoms with Crippen LogP contribution < -0.4 is 5.32 Å². The van der Waals surface area contributed by atoms with E-state index < -0.39 is 0 Å². The van der Waals surface area contributed by atoms with Gasteiger partial charge in [0.1, 0.15) is 0 Å². The predicted octanol–water partition coefficient (Wildman–Crippen LogP) is 2.44. The summed E-state index contributed by atoms with van der Waals surface area (Å²) in [5.74, 6) is 0. The van der Waals surface area contributed by atoms with E-state index in [1.54, 1.807) is 0 Å². The fourth-order valence-electron chi connectivity index (χ4n) is 1.15. The van der Waals surface area contributed by atoms with Crippen molar-refractivity contribution in [2.45, 2.75) is 47.1 Å². The van der Waals surface area contributed by atoms with Gasteiger partial charge >= 0.3 is 0 Å². The van der Waals surface area contributed by atoms with Crippen molar-refractivity contribution in [3.8, 4) is 0 Å². The van der Waals surface area contributed by atoms with Crippen LogP contribution in [0.5, 0.6) is 0 Å². The van der Waals surface area contributed by atoms with Gasteiger partial charge in [0.25, 0.3) is 0 Å². The van der Waals surface area contributed by atoms with Crippen LogP contribution in [0.4, 0.5) is 0 Å². The normalized spacial score (nSPS) is 14.5. The first-order valence-corrected chi connectivity index (χ1v) is 5.34. The molecule has 0 saturated heterocycles. The molecule has 0 aliphatic heterocycles. The van der Waals surface area contributed by atoms with Crippen molar-refractivity contribution in [1.82, 2.24) is 5.32 Å². The highest BCUT2D eigenvalue weighted by atomic mass is 16.5. The smallest absolute Gasteiger partial charge is 0.0747 e. The first kappa shape index (κ1) is 12.9. The molecular weight excluding hydrogens is 162 g/mol. The van der Waals surface area contributed by atoms with E-state index in [0.29, 0.717) is 6.10 Å². The van der Waals surface area contributed by atoms with E-state index in [0.717, 1.165) is 26.1 Å². The van der Waals surface area contributed by atoms with Gasteiger partial charge in [0.15, 0.2) is 0 Å². The number of rotatable bonds is 6. The van der Waals surface area contributed by atoms with E-state index in [9.17, 15) is 0 Å². The van der Waals surface area contributed by atoms with Gasteiger partial charge in [-0.2, -0.15) is 0 Å². The molecule has 0 aromatic heterocycles. The Morgan fingerprint density at radius 2 is 1.85 bits per heavy atom. The number of hydrogen-bond acceptors (Lipinski definition) is 2. The molecule has 0 radical (unpaired) electrons. The Balaban J connectivity index is 3.88. The fourth-order valence-corrected chi connectivity index (χ4v) is 1.15. The standard InChI is InChI=1S/C11H25NO/c1-6-8-13-10(9-12-7-2)11(3,4)5/h10,12H,6-9H2,1-5H3. The van der Waals surface area contributed by atoms with E-state index in [1.165, 1.54) is 0 Å². The number of likely N-dealkylation sites (N-methyl/N-ethyl adjacent to an activating group) is 1. The summed E-state index contributed by atoms with van der Waals surface area (Å²) in [6.45, 7) is 13.8. The second-order valence-corrected chi connectivity index (χ2v) is 4.53. The minimum absolute atomic E-state index is 0.233. The molecule has 0 heterocycles. The molecule has 0 aliphatic rings. The summed E-state index contributed by atoms with van der Waals surface area (Å²) in [5.41, 5.74) is 0.233. The van der Waals surface area contributed by atoms with Gasteiger partial charge in [-0.15, -0.1) is 0 Å². The van der Waals surface area contributed by atoms with Crippen LogP contribution in [-0.2, 0) is 4.74 Å². The van der Waals surface area contributed by atoms with Crippen LogP contribution in [0.15, 0.2) is 0 Å². The maximum atomic E-state index is 5.80. The van der Waals surface area contributed by atoms with Crippen molar-refractivity contribution in [3.63, 3.8) is 0 Å². The molecule has 0 amide bonds. The molecule has 13 heavy (non-hydrogen) atoms. The van der Waals surface area contributed by atoms with Gasteiger partial charge in [0.05, 0.1) is 6.10 Å². The van der Waals surface area contributed by atoms with Crippen molar-refractivity contribution in [1.29, 1.82) is 0 Å². The van der Waals surface area contributed by atoms with Crippen molar-refractivity contribution < 1.29 is 4.74 Å². The van der Waals surface area contributed by atoms with Crippen LogP contribution in [0.3, 0.4) is 0 Å². The van der Waals surface area contributed by atoms with E-state index in [4.69, 9.17) is 4.74 Å². The number of nitrogens with one attached hydrogen (secondary N) is 1.